The maximum Gasteiger partial charge on any atom is 0.263 e. The van der Waals surface area contributed by atoms with Gasteiger partial charge in [-0.15, -0.1) is 11.3 Å². The summed E-state index contributed by atoms with van der Waals surface area (Å²) in [4.78, 5) is 20.5. The first-order chi connectivity index (χ1) is 12.5. The van der Waals surface area contributed by atoms with E-state index in [1.165, 1.54) is 5.56 Å². The maximum atomic E-state index is 12.7. The third kappa shape index (κ3) is 5.15. The highest BCUT2D eigenvalue weighted by atomic mass is 32.1. The Bertz CT molecular complexity index is 726. The number of hydrogen-bond donors (Lipinski definition) is 1. The Morgan fingerprint density at radius 2 is 2.12 bits per heavy atom. The summed E-state index contributed by atoms with van der Waals surface area (Å²) in [5.41, 5.74) is 2.19. The molecule has 1 saturated heterocycles. The van der Waals surface area contributed by atoms with E-state index in [4.69, 9.17) is 0 Å². The van der Waals surface area contributed by atoms with Crippen molar-refractivity contribution in [2.75, 3.05) is 13.1 Å². The Hall–Kier alpha value is -1.72. The third-order valence-electron chi connectivity index (χ3n) is 4.72. The van der Waals surface area contributed by atoms with Gasteiger partial charge in [-0.05, 0) is 37.8 Å². The van der Waals surface area contributed by atoms with Crippen molar-refractivity contribution in [3.8, 4) is 0 Å². The number of nitrogens with zero attached hydrogens (tertiary/aromatic N) is 2. The number of likely N-dealkylation sites (tertiary alicyclic amines) is 1. The number of thiazole rings is 1. The van der Waals surface area contributed by atoms with Gasteiger partial charge in [-0.2, -0.15) is 0 Å². The number of rotatable bonds is 6. The summed E-state index contributed by atoms with van der Waals surface area (Å²) in [6, 6.07) is 10.8. The molecule has 1 N–H and O–H groups in total. The van der Waals surface area contributed by atoms with Crippen molar-refractivity contribution >= 4 is 17.2 Å². The molecule has 1 aromatic heterocycles. The zero-order valence-electron chi connectivity index (χ0n) is 16.0. The lowest BCUT2D eigenvalue weighted by Crippen LogP contribution is -2.47. The summed E-state index contributed by atoms with van der Waals surface area (Å²) < 4.78 is 0. The molecular weight excluding hydrogens is 342 g/mol. The van der Waals surface area contributed by atoms with Crippen LogP contribution in [0.1, 0.15) is 52.6 Å². The molecule has 0 bridgehead atoms. The number of piperidine rings is 1. The predicted molar refractivity (Wildman–Crippen MR) is 108 cm³/mol. The largest absolute Gasteiger partial charge is 0.347 e. The minimum Gasteiger partial charge on any atom is -0.347 e. The van der Waals surface area contributed by atoms with E-state index in [-0.39, 0.29) is 11.9 Å². The zero-order valence-corrected chi connectivity index (χ0v) is 16.8. The fourth-order valence-electron chi connectivity index (χ4n) is 3.51. The van der Waals surface area contributed by atoms with Crippen LogP contribution in [0.2, 0.25) is 0 Å². The summed E-state index contributed by atoms with van der Waals surface area (Å²) in [7, 11) is 0. The van der Waals surface area contributed by atoms with Crippen molar-refractivity contribution in [3.63, 3.8) is 0 Å². The van der Waals surface area contributed by atoms with Crippen molar-refractivity contribution in [3.05, 3.63) is 51.5 Å². The number of carbonyl (C=O) groups excluding carboxylic acids is 1. The zero-order chi connectivity index (χ0) is 18.5. The van der Waals surface area contributed by atoms with Crippen molar-refractivity contribution in [1.82, 2.24) is 15.2 Å². The van der Waals surface area contributed by atoms with E-state index in [1.54, 1.807) is 11.3 Å². The normalized spacial score (nSPS) is 18.2. The number of benzene rings is 1. The van der Waals surface area contributed by atoms with Crippen LogP contribution < -0.4 is 5.32 Å². The molecule has 1 aromatic carbocycles. The monoisotopic (exact) mass is 371 g/mol. The van der Waals surface area contributed by atoms with Crippen LogP contribution in [0.25, 0.3) is 0 Å². The second-order valence-corrected chi connectivity index (χ2v) is 8.74. The Kier molecular flexibility index (Phi) is 6.43. The highest BCUT2D eigenvalue weighted by Gasteiger charge is 2.24. The molecule has 1 aliphatic heterocycles. The number of aryl methyl sites for hydroxylation is 1. The molecule has 0 radical (unpaired) electrons. The highest BCUT2D eigenvalue weighted by Crippen LogP contribution is 2.21. The Morgan fingerprint density at radius 1 is 1.35 bits per heavy atom. The smallest absolute Gasteiger partial charge is 0.263 e. The predicted octanol–water partition coefficient (Wildman–Crippen LogP) is 4.04. The van der Waals surface area contributed by atoms with E-state index in [2.05, 4.69) is 53.3 Å². The first-order valence-electron chi connectivity index (χ1n) is 9.54. The lowest BCUT2D eigenvalue weighted by atomic mass is 10.0. The maximum absolute atomic E-state index is 12.7. The minimum atomic E-state index is 0.0431. The Morgan fingerprint density at radius 3 is 2.85 bits per heavy atom. The van der Waals surface area contributed by atoms with Crippen LogP contribution in [-0.4, -0.2) is 34.9 Å². The number of nitrogens with one attached hydrogen (secondary N) is 1. The van der Waals surface area contributed by atoms with Crippen LogP contribution in [0, 0.1) is 12.8 Å². The van der Waals surface area contributed by atoms with E-state index in [1.807, 2.05) is 13.0 Å². The van der Waals surface area contributed by atoms with Gasteiger partial charge in [0.25, 0.3) is 5.91 Å². The number of amides is 1. The molecule has 4 nitrogen and oxygen atoms in total. The molecule has 26 heavy (non-hydrogen) atoms. The molecule has 140 valence electrons. The molecule has 2 heterocycles. The van der Waals surface area contributed by atoms with Crippen molar-refractivity contribution in [2.45, 2.75) is 52.6 Å². The lowest BCUT2D eigenvalue weighted by molar-refractivity contribution is 0.0904. The van der Waals surface area contributed by atoms with Crippen molar-refractivity contribution in [2.24, 2.45) is 5.92 Å². The topological polar surface area (TPSA) is 45.2 Å². The average molecular weight is 372 g/mol. The van der Waals surface area contributed by atoms with Gasteiger partial charge in [0.1, 0.15) is 4.88 Å². The van der Waals surface area contributed by atoms with Gasteiger partial charge < -0.3 is 5.32 Å². The summed E-state index contributed by atoms with van der Waals surface area (Å²) >= 11 is 1.55. The molecule has 0 spiro atoms. The first kappa shape index (κ1) is 19.1. The molecule has 2 aromatic rings. The Balaban J connectivity index is 1.58. The van der Waals surface area contributed by atoms with E-state index < -0.39 is 0 Å². The van der Waals surface area contributed by atoms with Crippen LogP contribution in [0.15, 0.2) is 30.3 Å². The van der Waals surface area contributed by atoms with E-state index >= 15 is 0 Å². The summed E-state index contributed by atoms with van der Waals surface area (Å²) in [6.45, 7) is 9.26. The number of aromatic nitrogens is 1. The van der Waals surface area contributed by atoms with Gasteiger partial charge in [0.2, 0.25) is 0 Å². The van der Waals surface area contributed by atoms with E-state index in [0.29, 0.717) is 5.92 Å². The van der Waals surface area contributed by atoms with Gasteiger partial charge in [0.15, 0.2) is 0 Å². The highest BCUT2D eigenvalue weighted by molar-refractivity contribution is 7.13. The van der Waals surface area contributed by atoms with Crippen molar-refractivity contribution in [1.29, 1.82) is 0 Å². The minimum absolute atomic E-state index is 0.0431. The standard InChI is InChI=1S/C21H29N3OS/c1-15(2)12-19-22-16(3)20(26-19)21(25)23-18-10-7-11-24(14-18)13-17-8-5-4-6-9-17/h4-6,8-9,15,18H,7,10-14H2,1-3H3,(H,23,25). The van der Waals surface area contributed by atoms with Gasteiger partial charge in [-0.3, -0.25) is 9.69 Å². The molecule has 0 saturated carbocycles. The summed E-state index contributed by atoms with van der Waals surface area (Å²) in [5, 5.41) is 4.31. The fraction of sp³-hybridized carbons (Fsp3) is 0.524. The molecular formula is C21H29N3OS. The van der Waals surface area contributed by atoms with Gasteiger partial charge in [-0.1, -0.05) is 44.2 Å². The summed E-state index contributed by atoms with van der Waals surface area (Å²) in [5.74, 6) is 0.600. The second-order valence-electron chi connectivity index (χ2n) is 7.65. The molecule has 0 aliphatic carbocycles. The molecule has 5 heteroatoms. The van der Waals surface area contributed by atoms with Gasteiger partial charge >= 0.3 is 0 Å². The van der Waals surface area contributed by atoms with Gasteiger partial charge in [0, 0.05) is 25.6 Å². The van der Waals surface area contributed by atoms with Crippen LogP contribution in [0.4, 0.5) is 0 Å². The van der Waals surface area contributed by atoms with Crippen LogP contribution >= 0.6 is 11.3 Å². The van der Waals surface area contributed by atoms with Crippen LogP contribution in [-0.2, 0) is 13.0 Å². The van der Waals surface area contributed by atoms with Crippen LogP contribution in [0.5, 0.6) is 0 Å². The second kappa shape index (κ2) is 8.78. The number of carbonyl (C=O) groups is 1. The van der Waals surface area contributed by atoms with E-state index in [0.717, 1.165) is 54.5 Å². The molecule has 1 amide bonds. The van der Waals surface area contributed by atoms with E-state index in [9.17, 15) is 4.79 Å². The molecule has 1 atom stereocenters. The van der Waals surface area contributed by atoms with Crippen molar-refractivity contribution < 1.29 is 4.79 Å². The molecule has 1 aliphatic rings. The first-order valence-corrected chi connectivity index (χ1v) is 10.4. The summed E-state index contributed by atoms with van der Waals surface area (Å²) in [6.07, 6.45) is 3.11. The molecule has 1 unspecified atom stereocenters. The molecule has 1 fully saturated rings. The fourth-order valence-corrected chi connectivity index (χ4v) is 4.69. The van der Waals surface area contributed by atoms with Gasteiger partial charge in [-0.25, -0.2) is 4.98 Å². The Labute approximate surface area is 160 Å². The average Bonchev–Trinajstić information content (AvgIpc) is 2.96. The third-order valence-corrected chi connectivity index (χ3v) is 5.90. The number of hydrogen-bond acceptors (Lipinski definition) is 4. The molecule has 3 rings (SSSR count). The quantitative estimate of drug-likeness (QED) is 0.833. The van der Waals surface area contributed by atoms with Crippen LogP contribution in [0.3, 0.4) is 0 Å². The van der Waals surface area contributed by atoms with Gasteiger partial charge in [0.05, 0.1) is 10.7 Å². The SMILES string of the molecule is Cc1nc(CC(C)C)sc1C(=O)NC1CCCN(Cc2ccccc2)C1. The lowest BCUT2D eigenvalue weighted by Gasteiger charge is -2.33.